The first kappa shape index (κ1) is 28.8. The molecule has 212 valence electrons. The average Bonchev–Trinajstić information content (AvgIpc) is 3.47. The highest BCUT2D eigenvalue weighted by Crippen LogP contribution is 2.32. The maximum Gasteiger partial charge on any atom is 0.251 e. The predicted molar refractivity (Wildman–Crippen MR) is 145 cm³/mol. The van der Waals surface area contributed by atoms with Gasteiger partial charge in [-0.3, -0.25) is 19.3 Å². The molecule has 0 saturated carbocycles. The Labute approximate surface area is 229 Å². The number of amides is 2. The van der Waals surface area contributed by atoms with E-state index in [-0.39, 0.29) is 36.2 Å². The Balaban J connectivity index is 1.43. The lowest BCUT2D eigenvalue weighted by Gasteiger charge is -2.36. The number of ether oxygens (including phenoxy) is 2. The second kappa shape index (κ2) is 12.3. The number of azide groups is 1. The molecule has 1 aromatic rings. The number of hydrogen-bond donors (Lipinski definition) is 1. The molecule has 2 amide bonds. The molecule has 3 heterocycles. The van der Waals surface area contributed by atoms with E-state index in [2.05, 4.69) is 25.1 Å². The number of Topliss-reactive ketones (excluding diaryl/α,β-unsaturated/α-hetero) is 1. The number of fused-ring (bicyclic) bond motifs is 1. The number of nitrogens with one attached hydrogen (secondary N) is 1. The third-order valence-electron chi connectivity index (χ3n) is 7.54. The molecule has 3 saturated heterocycles. The number of methoxy groups -OCH3 is 1. The lowest BCUT2D eigenvalue weighted by Crippen LogP contribution is -2.53. The molecule has 1 aromatic carbocycles. The maximum absolute atomic E-state index is 13.7. The van der Waals surface area contributed by atoms with Crippen molar-refractivity contribution in [2.75, 3.05) is 64.5 Å². The fraction of sp³-hybridized carbons (Fsp3) is 0.667. The summed E-state index contributed by atoms with van der Waals surface area (Å²) in [5.41, 5.74) is 10.2. The Bertz CT molecular complexity index is 1090. The molecule has 12 heteroatoms. The van der Waals surface area contributed by atoms with E-state index in [0.29, 0.717) is 12.0 Å². The third-order valence-corrected chi connectivity index (χ3v) is 7.54. The van der Waals surface area contributed by atoms with Crippen LogP contribution in [0.1, 0.15) is 37.6 Å². The van der Waals surface area contributed by atoms with Gasteiger partial charge in [0.2, 0.25) is 5.91 Å². The third kappa shape index (κ3) is 6.88. The van der Waals surface area contributed by atoms with Crippen molar-refractivity contribution >= 4 is 23.3 Å². The molecule has 0 bridgehead atoms. The largest absolute Gasteiger partial charge is 0.383 e. The zero-order valence-electron chi connectivity index (χ0n) is 23.2. The zero-order chi connectivity index (χ0) is 28.2. The Kier molecular flexibility index (Phi) is 9.12. The summed E-state index contributed by atoms with van der Waals surface area (Å²) < 4.78 is 10.7. The minimum absolute atomic E-state index is 0.0773. The van der Waals surface area contributed by atoms with E-state index in [1.54, 1.807) is 19.2 Å². The molecule has 3 fully saturated rings. The summed E-state index contributed by atoms with van der Waals surface area (Å²) in [5.74, 6) is -0.949. The molecule has 0 aliphatic carbocycles. The molecule has 3 aliphatic rings. The predicted octanol–water partition coefficient (Wildman–Crippen LogP) is 1.85. The number of hydrogen-bond acceptors (Lipinski definition) is 8. The smallest absolute Gasteiger partial charge is 0.251 e. The van der Waals surface area contributed by atoms with Gasteiger partial charge in [0.25, 0.3) is 5.91 Å². The number of ketones is 1. The van der Waals surface area contributed by atoms with Crippen LogP contribution in [0.15, 0.2) is 29.4 Å². The SMILES string of the molecule is COCCN1CCN(c2ccc(C(=O)N[C@@H](CC(C)(C)C)C(=O)N3C[C@@H](N=[N+]=[N-])[C@H]4OCC(=O)[C@H]43)cc2)CC1. The van der Waals surface area contributed by atoms with Crippen molar-refractivity contribution in [1.82, 2.24) is 15.1 Å². The van der Waals surface area contributed by atoms with Crippen molar-refractivity contribution in [2.24, 2.45) is 10.5 Å². The second-order valence-corrected chi connectivity index (χ2v) is 11.6. The summed E-state index contributed by atoms with van der Waals surface area (Å²) in [7, 11) is 1.71. The van der Waals surface area contributed by atoms with Gasteiger partial charge in [0.15, 0.2) is 5.78 Å². The topological polar surface area (TPSA) is 140 Å². The number of likely N-dealkylation sites (tertiary alicyclic amines) is 1. The van der Waals surface area contributed by atoms with Crippen molar-refractivity contribution in [1.29, 1.82) is 0 Å². The molecule has 0 aromatic heterocycles. The molecular weight excluding hydrogens is 502 g/mol. The van der Waals surface area contributed by atoms with Crippen LogP contribution < -0.4 is 10.2 Å². The van der Waals surface area contributed by atoms with Crippen LogP contribution in [-0.4, -0.2) is 111 Å². The Morgan fingerprint density at radius 1 is 1.21 bits per heavy atom. The highest BCUT2D eigenvalue weighted by atomic mass is 16.5. The van der Waals surface area contributed by atoms with Crippen LogP contribution in [0.2, 0.25) is 0 Å². The molecule has 4 atom stereocenters. The van der Waals surface area contributed by atoms with Gasteiger partial charge in [0.1, 0.15) is 18.7 Å². The van der Waals surface area contributed by atoms with Crippen LogP contribution in [0.4, 0.5) is 5.69 Å². The van der Waals surface area contributed by atoms with Gasteiger partial charge < -0.3 is 24.6 Å². The highest BCUT2D eigenvalue weighted by molar-refractivity contribution is 5.99. The lowest BCUT2D eigenvalue weighted by atomic mass is 9.87. The van der Waals surface area contributed by atoms with E-state index in [0.717, 1.165) is 45.0 Å². The normalized spacial score (nSPS) is 24.3. The molecule has 39 heavy (non-hydrogen) atoms. The van der Waals surface area contributed by atoms with Gasteiger partial charge in [-0.1, -0.05) is 25.9 Å². The summed E-state index contributed by atoms with van der Waals surface area (Å²) in [5, 5.41) is 6.66. The Morgan fingerprint density at radius 2 is 1.90 bits per heavy atom. The molecular formula is C27H39N7O5. The lowest BCUT2D eigenvalue weighted by molar-refractivity contribution is -0.138. The van der Waals surface area contributed by atoms with Crippen LogP contribution in [0.3, 0.4) is 0 Å². The number of benzene rings is 1. The first-order chi connectivity index (χ1) is 18.6. The summed E-state index contributed by atoms with van der Waals surface area (Å²) in [4.78, 5) is 48.5. The van der Waals surface area contributed by atoms with Crippen LogP contribution in [-0.2, 0) is 19.1 Å². The number of piperazine rings is 1. The van der Waals surface area contributed by atoms with Crippen LogP contribution in [0.5, 0.6) is 0 Å². The number of carbonyl (C=O) groups excluding carboxylic acids is 3. The first-order valence-electron chi connectivity index (χ1n) is 13.5. The van der Waals surface area contributed by atoms with E-state index >= 15 is 0 Å². The average molecular weight is 542 g/mol. The van der Waals surface area contributed by atoms with Gasteiger partial charge in [-0.25, -0.2) is 0 Å². The zero-order valence-corrected chi connectivity index (χ0v) is 23.2. The van der Waals surface area contributed by atoms with Crippen molar-refractivity contribution in [3.05, 3.63) is 40.3 Å². The number of carbonyl (C=O) groups is 3. The fourth-order valence-corrected chi connectivity index (χ4v) is 5.55. The van der Waals surface area contributed by atoms with Crippen LogP contribution in [0.25, 0.3) is 10.4 Å². The molecule has 0 spiro atoms. The maximum atomic E-state index is 13.7. The number of nitrogens with zero attached hydrogens (tertiary/aromatic N) is 6. The van der Waals surface area contributed by atoms with Gasteiger partial charge in [-0.2, -0.15) is 0 Å². The molecule has 0 radical (unpaired) electrons. The van der Waals surface area contributed by atoms with Crippen molar-refractivity contribution in [3.63, 3.8) is 0 Å². The van der Waals surface area contributed by atoms with Gasteiger partial charge >= 0.3 is 0 Å². The quantitative estimate of drug-likeness (QED) is 0.286. The Hall–Kier alpha value is -3.18. The van der Waals surface area contributed by atoms with E-state index in [9.17, 15) is 14.4 Å². The first-order valence-corrected chi connectivity index (χ1v) is 13.5. The minimum atomic E-state index is -0.851. The Morgan fingerprint density at radius 3 is 2.51 bits per heavy atom. The van der Waals surface area contributed by atoms with Gasteiger partial charge in [0.05, 0.1) is 18.8 Å². The van der Waals surface area contributed by atoms with E-state index in [1.165, 1.54) is 4.90 Å². The monoisotopic (exact) mass is 541 g/mol. The molecule has 3 aliphatic heterocycles. The van der Waals surface area contributed by atoms with Crippen LogP contribution in [0, 0.1) is 5.41 Å². The summed E-state index contributed by atoms with van der Waals surface area (Å²) in [6.07, 6.45) is -0.282. The highest BCUT2D eigenvalue weighted by Gasteiger charge is 2.53. The molecule has 1 N–H and O–H groups in total. The fourth-order valence-electron chi connectivity index (χ4n) is 5.55. The van der Waals surface area contributed by atoms with Crippen LogP contribution >= 0.6 is 0 Å². The number of rotatable bonds is 9. The van der Waals surface area contributed by atoms with E-state index < -0.39 is 24.2 Å². The standard InChI is InChI=1S/C27H39N7O5/c1-27(2,3)15-20(26(37)34-16-21(30-31-28)24-23(34)22(35)17-39-24)29-25(36)18-5-7-19(8-6-18)33-11-9-32(10-12-33)13-14-38-4/h5-8,20-21,23-24H,9-17H2,1-4H3,(H,29,36)/t20-,21+,23+,24+/m0/s1. The number of anilines is 1. The van der Waals surface area contributed by atoms with Crippen molar-refractivity contribution in [2.45, 2.75) is 51.4 Å². The van der Waals surface area contributed by atoms with E-state index in [1.807, 2.05) is 32.9 Å². The summed E-state index contributed by atoms with van der Waals surface area (Å²) in [6.45, 7) is 11.3. The van der Waals surface area contributed by atoms with Gasteiger partial charge in [-0.15, -0.1) is 0 Å². The van der Waals surface area contributed by atoms with Gasteiger partial charge in [-0.05, 0) is 41.6 Å². The molecule has 4 rings (SSSR count). The second-order valence-electron chi connectivity index (χ2n) is 11.6. The summed E-state index contributed by atoms with van der Waals surface area (Å²) >= 11 is 0. The minimum Gasteiger partial charge on any atom is -0.383 e. The molecule has 0 unspecified atom stereocenters. The van der Waals surface area contributed by atoms with Gasteiger partial charge in [0, 0.05) is 62.5 Å². The summed E-state index contributed by atoms with van der Waals surface area (Å²) in [6, 6.07) is 5.12. The van der Waals surface area contributed by atoms with Crippen molar-refractivity contribution < 1.29 is 23.9 Å². The van der Waals surface area contributed by atoms with E-state index in [4.69, 9.17) is 15.0 Å². The van der Waals surface area contributed by atoms with Crippen molar-refractivity contribution in [3.8, 4) is 0 Å². The molecule has 12 nitrogen and oxygen atoms in total.